The van der Waals surface area contributed by atoms with Gasteiger partial charge in [-0.25, -0.2) is 9.97 Å². The van der Waals surface area contributed by atoms with Crippen LogP contribution in [0.3, 0.4) is 0 Å². The number of anilines is 1. The van der Waals surface area contributed by atoms with Crippen molar-refractivity contribution in [1.29, 1.82) is 0 Å². The highest BCUT2D eigenvalue weighted by Crippen LogP contribution is 2.08. The number of nitrogens with zero attached hydrogens (tertiary/aromatic N) is 2. The Kier molecular flexibility index (Phi) is 4.32. The van der Waals surface area contributed by atoms with Crippen LogP contribution in [0.4, 0.5) is 5.82 Å². The quantitative estimate of drug-likeness (QED) is 0.735. The van der Waals surface area contributed by atoms with Gasteiger partial charge in [0.1, 0.15) is 12.1 Å². The first-order valence-electron chi connectivity index (χ1n) is 4.97. The van der Waals surface area contributed by atoms with E-state index in [1.807, 2.05) is 6.07 Å². The van der Waals surface area contributed by atoms with Crippen molar-refractivity contribution in [2.24, 2.45) is 11.7 Å². The van der Waals surface area contributed by atoms with Crippen molar-refractivity contribution in [2.45, 2.75) is 20.3 Å². The van der Waals surface area contributed by atoms with E-state index in [4.69, 9.17) is 5.73 Å². The maximum Gasteiger partial charge on any atom is 0.129 e. The first kappa shape index (κ1) is 10.9. The van der Waals surface area contributed by atoms with E-state index in [0.717, 1.165) is 24.5 Å². The molecule has 0 atom stereocenters. The van der Waals surface area contributed by atoms with Gasteiger partial charge >= 0.3 is 0 Å². The predicted molar refractivity (Wildman–Crippen MR) is 58.1 cm³/mol. The normalized spacial score (nSPS) is 10.6. The summed E-state index contributed by atoms with van der Waals surface area (Å²) >= 11 is 0. The number of aromatic nitrogens is 2. The van der Waals surface area contributed by atoms with E-state index in [9.17, 15) is 0 Å². The molecule has 1 aromatic heterocycles. The lowest BCUT2D eigenvalue weighted by atomic mass is 10.1. The van der Waals surface area contributed by atoms with Gasteiger partial charge < -0.3 is 11.1 Å². The molecule has 1 aromatic rings. The van der Waals surface area contributed by atoms with Crippen molar-refractivity contribution in [3.8, 4) is 0 Å². The Morgan fingerprint density at radius 1 is 1.43 bits per heavy atom. The topological polar surface area (TPSA) is 63.8 Å². The minimum Gasteiger partial charge on any atom is -0.369 e. The van der Waals surface area contributed by atoms with Gasteiger partial charge in [-0.05, 0) is 12.3 Å². The smallest absolute Gasteiger partial charge is 0.129 e. The van der Waals surface area contributed by atoms with Gasteiger partial charge in [0.2, 0.25) is 0 Å². The number of nitrogens with one attached hydrogen (secondary N) is 1. The summed E-state index contributed by atoms with van der Waals surface area (Å²) in [5, 5.41) is 3.13. The molecule has 0 aliphatic heterocycles. The van der Waals surface area contributed by atoms with Crippen LogP contribution in [0.15, 0.2) is 12.4 Å². The highest BCUT2D eigenvalue weighted by atomic mass is 15.0. The second-order valence-electron chi connectivity index (χ2n) is 3.71. The molecule has 3 N–H and O–H groups in total. The molecule has 0 bridgehead atoms. The number of rotatable bonds is 5. The largest absolute Gasteiger partial charge is 0.369 e. The Hall–Kier alpha value is -1.16. The van der Waals surface area contributed by atoms with Crippen LogP contribution in [0.2, 0.25) is 0 Å². The Balaban J connectivity index is 2.59. The molecule has 1 heterocycles. The zero-order chi connectivity index (χ0) is 10.4. The summed E-state index contributed by atoms with van der Waals surface area (Å²) < 4.78 is 0. The van der Waals surface area contributed by atoms with Crippen molar-refractivity contribution in [3.63, 3.8) is 0 Å². The maximum absolute atomic E-state index is 5.39. The lowest BCUT2D eigenvalue weighted by Crippen LogP contribution is -2.14. The zero-order valence-electron chi connectivity index (χ0n) is 8.83. The van der Waals surface area contributed by atoms with Crippen molar-refractivity contribution in [1.82, 2.24) is 9.97 Å². The molecule has 78 valence electrons. The summed E-state index contributed by atoms with van der Waals surface area (Å²) in [5.74, 6) is 1.48. The molecule has 4 heteroatoms. The summed E-state index contributed by atoms with van der Waals surface area (Å²) in [6, 6.07) is 1.98. The fraction of sp³-hybridized carbons (Fsp3) is 0.600. The van der Waals surface area contributed by atoms with Crippen LogP contribution in [0, 0.1) is 5.92 Å². The number of hydrogen-bond donors (Lipinski definition) is 2. The molecule has 0 aliphatic rings. The van der Waals surface area contributed by atoms with Crippen LogP contribution in [-0.2, 0) is 6.42 Å². The third-order valence-electron chi connectivity index (χ3n) is 1.79. The van der Waals surface area contributed by atoms with E-state index in [0.29, 0.717) is 12.5 Å². The second-order valence-corrected chi connectivity index (χ2v) is 3.71. The molecule has 0 aliphatic carbocycles. The average molecular weight is 194 g/mol. The molecule has 0 aromatic carbocycles. The highest BCUT2D eigenvalue weighted by Gasteiger charge is 2.00. The van der Waals surface area contributed by atoms with Gasteiger partial charge in [0.05, 0.1) is 0 Å². The number of hydrogen-bond acceptors (Lipinski definition) is 4. The van der Waals surface area contributed by atoms with Gasteiger partial charge in [0.15, 0.2) is 0 Å². The lowest BCUT2D eigenvalue weighted by Gasteiger charge is -2.06. The molecule has 1 rings (SSSR count). The third kappa shape index (κ3) is 3.70. The van der Waals surface area contributed by atoms with E-state index in [1.54, 1.807) is 6.33 Å². The summed E-state index contributed by atoms with van der Waals surface area (Å²) in [6.45, 7) is 5.71. The van der Waals surface area contributed by atoms with Gasteiger partial charge in [-0.2, -0.15) is 0 Å². The van der Waals surface area contributed by atoms with E-state index >= 15 is 0 Å². The zero-order valence-corrected chi connectivity index (χ0v) is 8.83. The molecule has 14 heavy (non-hydrogen) atoms. The SMILES string of the molecule is CC(C)Cc1cc(NCCN)ncn1. The fourth-order valence-electron chi connectivity index (χ4n) is 1.22. The third-order valence-corrected chi connectivity index (χ3v) is 1.79. The minimum atomic E-state index is 0.615. The van der Waals surface area contributed by atoms with Crippen LogP contribution in [0.1, 0.15) is 19.5 Å². The van der Waals surface area contributed by atoms with Crippen LogP contribution in [0.5, 0.6) is 0 Å². The molecule has 0 saturated carbocycles. The molecule has 0 fully saturated rings. The molecule has 0 saturated heterocycles. The van der Waals surface area contributed by atoms with Crippen molar-refractivity contribution in [2.75, 3.05) is 18.4 Å². The summed E-state index contributed by atoms with van der Waals surface area (Å²) in [6.07, 6.45) is 2.58. The first-order valence-corrected chi connectivity index (χ1v) is 4.97. The van der Waals surface area contributed by atoms with Crippen molar-refractivity contribution < 1.29 is 0 Å². The number of nitrogens with two attached hydrogens (primary N) is 1. The maximum atomic E-state index is 5.39. The molecular weight excluding hydrogens is 176 g/mol. The van der Waals surface area contributed by atoms with Crippen LogP contribution in [-0.4, -0.2) is 23.1 Å². The molecule has 4 nitrogen and oxygen atoms in total. The Labute approximate surface area is 85.0 Å². The Bertz CT molecular complexity index is 273. The molecule has 0 spiro atoms. The standard InChI is InChI=1S/C10H18N4/c1-8(2)5-9-6-10(12-4-3-11)14-7-13-9/h6-8H,3-5,11H2,1-2H3,(H,12,13,14). The van der Waals surface area contributed by atoms with E-state index in [2.05, 4.69) is 29.1 Å². The first-order chi connectivity index (χ1) is 6.72. The minimum absolute atomic E-state index is 0.615. The monoisotopic (exact) mass is 194 g/mol. The van der Waals surface area contributed by atoms with Gasteiger partial charge in [0, 0.05) is 24.8 Å². The van der Waals surface area contributed by atoms with Gasteiger partial charge in [-0.3, -0.25) is 0 Å². The van der Waals surface area contributed by atoms with Gasteiger partial charge in [0.25, 0.3) is 0 Å². The molecule has 0 amide bonds. The van der Waals surface area contributed by atoms with E-state index in [-0.39, 0.29) is 0 Å². The van der Waals surface area contributed by atoms with Crippen molar-refractivity contribution in [3.05, 3.63) is 18.1 Å². The summed E-state index contributed by atoms with van der Waals surface area (Å²) in [5.41, 5.74) is 6.47. The van der Waals surface area contributed by atoms with Crippen LogP contribution in [0.25, 0.3) is 0 Å². The van der Waals surface area contributed by atoms with Gasteiger partial charge in [-0.1, -0.05) is 13.8 Å². The Morgan fingerprint density at radius 2 is 2.21 bits per heavy atom. The molecule has 0 unspecified atom stereocenters. The lowest BCUT2D eigenvalue weighted by molar-refractivity contribution is 0.634. The molecule has 0 radical (unpaired) electrons. The van der Waals surface area contributed by atoms with E-state index < -0.39 is 0 Å². The van der Waals surface area contributed by atoms with Crippen LogP contribution >= 0.6 is 0 Å². The van der Waals surface area contributed by atoms with Gasteiger partial charge in [-0.15, -0.1) is 0 Å². The van der Waals surface area contributed by atoms with Crippen molar-refractivity contribution >= 4 is 5.82 Å². The summed E-state index contributed by atoms with van der Waals surface area (Å²) in [4.78, 5) is 8.31. The Morgan fingerprint density at radius 3 is 2.86 bits per heavy atom. The van der Waals surface area contributed by atoms with E-state index in [1.165, 1.54) is 0 Å². The predicted octanol–water partition coefficient (Wildman–Crippen LogP) is 1.05. The summed E-state index contributed by atoms with van der Waals surface area (Å²) in [7, 11) is 0. The average Bonchev–Trinajstić information content (AvgIpc) is 2.14. The second kappa shape index (κ2) is 5.54. The fourth-order valence-corrected chi connectivity index (χ4v) is 1.22. The van der Waals surface area contributed by atoms with Crippen LogP contribution < -0.4 is 11.1 Å². The molecular formula is C10H18N4. The highest BCUT2D eigenvalue weighted by molar-refractivity contribution is 5.34.